The first-order valence-electron chi connectivity index (χ1n) is 8.73. The van der Waals surface area contributed by atoms with Crippen molar-refractivity contribution in [1.82, 2.24) is 15.1 Å². The van der Waals surface area contributed by atoms with Gasteiger partial charge in [0.1, 0.15) is 0 Å². The third kappa shape index (κ3) is 5.84. The fraction of sp³-hybridized carbons (Fsp3) is 0.556. The van der Waals surface area contributed by atoms with Crippen molar-refractivity contribution >= 4 is 35.8 Å². The van der Waals surface area contributed by atoms with Gasteiger partial charge in [-0.25, -0.2) is 0 Å². The molecule has 2 fully saturated rings. The Morgan fingerprint density at radius 3 is 2.27 bits per heavy atom. The van der Waals surface area contributed by atoms with Crippen molar-refractivity contribution in [3.05, 3.63) is 34.9 Å². The summed E-state index contributed by atoms with van der Waals surface area (Å²) in [7, 11) is 0. The van der Waals surface area contributed by atoms with E-state index in [2.05, 4.69) is 5.32 Å². The summed E-state index contributed by atoms with van der Waals surface area (Å²) < 4.78 is 5.39. The van der Waals surface area contributed by atoms with E-state index in [1.807, 2.05) is 21.9 Å². The summed E-state index contributed by atoms with van der Waals surface area (Å²) in [5.74, 6) is 0.226. The van der Waals surface area contributed by atoms with Gasteiger partial charge in [-0.1, -0.05) is 23.7 Å². The molecule has 144 valence electrons. The van der Waals surface area contributed by atoms with Gasteiger partial charge in [-0.15, -0.1) is 12.4 Å². The molecule has 2 heterocycles. The van der Waals surface area contributed by atoms with Crippen molar-refractivity contribution in [2.45, 2.75) is 18.9 Å². The summed E-state index contributed by atoms with van der Waals surface area (Å²) in [5, 5.41) is 3.97. The number of benzene rings is 1. The fourth-order valence-corrected chi connectivity index (χ4v) is 3.31. The molecule has 2 aliphatic rings. The molecule has 1 N–H and O–H groups in total. The maximum absolute atomic E-state index is 12.4. The first-order chi connectivity index (χ1) is 12.1. The van der Waals surface area contributed by atoms with Crippen LogP contribution in [0.3, 0.4) is 0 Å². The normalized spacial score (nSPS) is 20.4. The van der Waals surface area contributed by atoms with Crippen molar-refractivity contribution < 1.29 is 14.3 Å². The molecule has 0 saturated carbocycles. The van der Waals surface area contributed by atoms with Crippen molar-refractivity contribution in [3.63, 3.8) is 0 Å². The Kier molecular flexibility index (Phi) is 8.15. The van der Waals surface area contributed by atoms with Crippen LogP contribution in [-0.4, -0.2) is 73.6 Å². The third-order valence-corrected chi connectivity index (χ3v) is 4.93. The molecule has 1 aromatic rings. The number of carbonyl (C=O) groups is 2. The van der Waals surface area contributed by atoms with Gasteiger partial charge in [0.15, 0.2) is 0 Å². The van der Waals surface area contributed by atoms with Crippen LogP contribution in [0.4, 0.5) is 0 Å². The van der Waals surface area contributed by atoms with Gasteiger partial charge < -0.3 is 19.9 Å². The molecule has 2 saturated heterocycles. The van der Waals surface area contributed by atoms with Gasteiger partial charge in [0.2, 0.25) is 11.8 Å². The standard InChI is InChI=1S/C18H24ClN3O3.ClH/c19-15-3-1-14(2-4-15)11-17(23)21-6-8-22(9-7-21)18(24)12-16-13-25-10-5-20-16;/h1-4,16,20H,5-13H2;1H. The molecule has 2 aliphatic heterocycles. The number of nitrogens with one attached hydrogen (secondary N) is 1. The molecule has 1 unspecified atom stereocenters. The fourth-order valence-electron chi connectivity index (χ4n) is 3.18. The average Bonchev–Trinajstić information content (AvgIpc) is 2.64. The SMILES string of the molecule is Cl.O=C(Cc1ccc(Cl)cc1)N1CCN(C(=O)CC2COCCN2)CC1. The number of rotatable bonds is 4. The molecule has 0 spiro atoms. The number of morpholine rings is 1. The Morgan fingerprint density at radius 2 is 1.69 bits per heavy atom. The molecule has 0 aliphatic carbocycles. The van der Waals surface area contributed by atoms with Crippen molar-refractivity contribution in [2.75, 3.05) is 45.9 Å². The van der Waals surface area contributed by atoms with Gasteiger partial charge in [-0.3, -0.25) is 9.59 Å². The first-order valence-corrected chi connectivity index (χ1v) is 9.11. The summed E-state index contributed by atoms with van der Waals surface area (Å²) >= 11 is 5.87. The first kappa shape index (κ1) is 21.0. The number of hydrogen-bond acceptors (Lipinski definition) is 4. The van der Waals surface area contributed by atoms with Gasteiger partial charge in [0.05, 0.1) is 19.6 Å². The minimum Gasteiger partial charge on any atom is -0.378 e. The van der Waals surface area contributed by atoms with Gasteiger partial charge >= 0.3 is 0 Å². The minimum atomic E-state index is 0. The summed E-state index contributed by atoms with van der Waals surface area (Å²) in [6.07, 6.45) is 0.827. The van der Waals surface area contributed by atoms with Crippen LogP contribution in [0, 0.1) is 0 Å². The Hall–Kier alpha value is -1.34. The predicted molar refractivity (Wildman–Crippen MR) is 103 cm³/mol. The smallest absolute Gasteiger partial charge is 0.227 e. The van der Waals surface area contributed by atoms with Crippen LogP contribution in [0.25, 0.3) is 0 Å². The molecule has 26 heavy (non-hydrogen) atoms. The Labute approximate surface area is 165 Å². The lowest BCUT2D eigenvalue weighted by Crippen LogP contribution is -2.52. The van der Waals surface area contributed by atoms with E-state index < -0.39 is 0 Å². The van der Waals surface area contributed by atoms with E-state index in [0.29, 0.717) is 57.3 Å². The van der Waals surface area contributed by atoms with Crippen LogP contribution in [0.5, 0.6) is 0 Å². The van der Waals surface area contributed by atoms with Crippen LogP contribution in [0.2, 0.25) is 5.02 Å². The van der Waals surface area contributed by atoms with E-state index in [-0.39, 0.29) is 30.3 Å². The van der Waals surface area contributed by atoms with Gasteiger partial charge in [-0.2, -0.15) is 0 Å². The number of piperazine rings is 1. The highest BCUT2D eigenvalue weighted by atomic mass is 35.5. The number of ether oxygens (including phenoxy) is 1. The van der Waals surface area contributed by atoms with E-state index in [0.717, 1.165) is 12.1 Å². The maximum Gasteiger partial charge on any atom is 0.227 e. The van der Waals surface area contributed by atoms with Gasteiger partial charge in [-0.05, 0) is 17.7 Å². The van der Waals surface area contributed by atoms with Crippen LogP contribution in [0.15, 0.2) is 24.3 Å². The Balaban J connectivity index is 0.00000243. The van der Waals surface area contributed by atoms with Crippen molar-refractivity contribution in [3.8, 4) is 0 Å². The molecule has 8 heteroatoms. The molecule has 2 amide bonds. The second kappa shape index (κ2) is 10.1. The zero-order valence-electron chi connectivity index (χ0n) is 14.7. The zero-order valence-corrected chi connectivity index (χ0v) is 16.2. The lowest BCUT2D eigenvalue weighted by atomic mass is 10.1. The van der Waals surface area contributed by atoms with Crippen LogP contribution < -0.4 is 5.32 Å². The highest BCUT2D eigenvalue weighted by Crippen LogP contribution is 2.12. The molecular weight excluding hydrogens is 377 g/mol. The van der Waals surface area contributed by atoms with Crippen LogP contribution >= 0.6 is 24.0 Å². The Bertz CT molecular complexity index is 598. The number of nitrogens with zero attached hydrogens (tertiary/aromatic N) is 2. The molecule has 3 rings (SSSR count). The third-order valence-electron chi connectivity index (χ3n) is 4.67. The minimum absolute atomic E-state index is 0. The number of hydrogen-bond donors (Lipinski definition) is 1. The quantitative estimate of drug-likeness (QED) is 0.826. The molecule has 0 bridgehead atoms. The van der Waals surface area contributed by atoms with Crippen molar-refractivity contribution in [1.29, 1.82) is 0 Å². The summed E-state index contributed by atoms with van der Waals surface area (Å²) in [4.78, 5) is 28.5. The zero-order chi connectivity index (χ0) is 17.6. The highest BCUT2D eigenvalue weighted by molar-refractivity contribution is 6.30. The van der Waals surface area contributed by atoms with E-state index in [9.17, 15) is 9.59 Å². The van der Waals surface area contributed by atoms with Gasteiger partial charge in [0.25, 0.3) is 0 Å². The monoisotopic (exact) mass is 401 g/mol. The molecule has 6 nitrogen and oxygen atoms in total. The van der Waals surface area contributed by atoms with E-state index in [1.54, 1.807) is 12.1 Å². The Morgan fingerprint density at radius 1 is 1.08 bits per heavy atom. The maximum atomic E-state index is 12.4. The lowest BCUT2D eigenvalue weighted by Gasteiger charge is -2.36. The molecule has 0 radical (unpaired) electrons. The van der Waals surface area contributed by atoms with Gasteiger partial charge in [0, 0.05) is 50.2 Å². The molecule has 0 aromatic heterocycles. The second-order valence-electron chi connectivity index (χ2n) is 6.49. The second-order valence-corrected chi connectivity index (χ2v) is 6.93. The largest absolute Gasteiger partial charge is 0.378 e. The van der Waals surface area contributed by atoms with E-state index >= 15 is 0 Å². The van der Waals surface area contributed by atoms with Crippen LogP contribution in [-0.2, 0) is 20.7 Å². The summed E-state index contributed by atoms with van der Waals surface area (Å²) in [6.45, 7) is 4.46. The van der Waals surface area contributed by atoms with E-state index in [1.165, 1.54) is 0 Å². The highest BCUT2D eigenvalue weighted by Gasteiger charge is 2.26. The number of amides is 2. The topological polar surface area (TPSA) is 61.9 Å². The number of halogens is 2. The van der Waals surface area contributed by atoms with Crippen LogP contribution in [0.1, 0.15) is 12.0 Å². The van der Waals surface area contributed by atoms with E-state index in [4.69, 9.17) is 16.3 Å². The lowest BCUT2D eigenvalue weighted by molar-refractivity contribution is -0.139. The predicted octanol–water partition coefficient (Wildman–Crippen LogP) is 1.35. The number of carbonyl (C=O) groups excluding carboxylic acids is 2. The average molecular weight is 402 g/mol. The molecular formula is C18H25Cl2N3O3. The summed E-state index contributed by atoms with van der Waals surface area (Å²) in [6, 6.07) is 7.44. The summed E-state index contributed by atoms with van der Waals surface area (Å²) in [5.41, 5.74) is 0.955. The molecule has 1 atom stereocenters. The van der Waals surface area contributed by atoms with Crippen molar-refractivity contribution in [2.24, 2.45) is 0 Å². The molecule has 1 aromatic carbocycles.